The van der Waals surface area contributed by atoms with Crippen LogP contribution in [0.1, 0.15) is 5.82 Å². The van der Waals surface area contributed by atoms with Gasteiger partial charge in [0.05, 0.1) is 0 Å². The maximum Gasteiger partial charge on any atom is 0.250 e. The van der Waals surface area contributed by atoms with E-state index in [0.29, 0.717) is 22.4 Å². The second-order valence-electron chi connectivity index (χ2n) is 5.01. The van der Waals surface area contributed by atoms with E-state index in [1.807, 2.05) is 42.1 Å². The van der Waals surface area contributed by atoms with E-state index in [1.54, 1.807) is 17.5 Å². The van der Waals surface area contributed by atoms with Gasteiger partial charge in [0.25, 0.3) is 0 Å². The van der Waals surface area contributed by atoms with Gasteiger partial charge in [0.2, 0.25) is 10.0 Å². The molecule has 0 radical (unpaired) electrons. The van der Waals surface area contributed by atoms with Crippen LogP contribution >= 0.6 is 11.3 Å². The van der Waals surface area contributed by atoms with Crippen LogP contribution in [0.25, 0.3) is 5.82 Å². The molecular weight excluding hydrogens is 346 g/mol. The molecule has 3 heterocycles. The summed E-state index contributed by atoms with van der Waals surface area (Å²) in [4.78, 5) is 8.70. The van der Waals surface area contributed by atoms with E-state index in [0.717, 1.165) is 5.82 Å². The van der Waals surface area contributed by atoms with Crippen molar-refractivity contribution in [3.8, 4) is 5.82 Å². The maximum absolute atomic E-state index is 12.0. The van der Waals surface area contributed by atoms with Crippen molar-refractivity contribution in [2.45, 2.75) is 11.1 Å². The molecule has 2 N–H and O–H groups in total. The van der Waals surface area contributed by atoms with E-state index < -0.39 is 10.0 Å². The molecule has 0 aliphatic heterocycles. The Morgan fingerprint density at radius 3 is 2.67 bits per heavy atom. The average molecular weight is 363 g/mol. The molecule has 0 aliphatic carbocycles. The smallest absolute Gasteiger partial charge is 0.250 e. The molecule has 0 amide bonds. The lowest BCUT2D eigenvalue weighted by molar-refractivity contribution is 0.585. The van der Waals surface area contributed by atoms with Gasteiger partial charge in [-0.05, 0) is 30.5 Å². The predicted octanol–water partition coefficient (Wildman–Crippen LogP) is 2.03. The number of anilines is 1. The van der Waals surface area contributed by atoms with Crippen LogP contribution in [0, 0.1) is 6.92 Å². The van der Waals surface area contributed by atoms with Gasteiger partial charge in [0.1, 0.15) is 21.7 Å². The highest BCUT2D eigenvalue weighted by molar-refractivity contribution is 7.91. The monoisotopic (exact) mass is 363 g/mol. The fourth-order valence-corrected chi connectivity index (χ4v) is 4.19. The standard InChI is InChI=1S/C15H17N5O2S2/c1-12-18-13(11-14(19-12)20-8-2-3-9-20)16-6-7-17-24(21,22)15-5-4-10-23-15/h2-5,8-11,17H,6-7H2,1H3,(H,16,18,19). The maximum atomic E-state index is 12.0. The van der Waals surface area contributed by atoms with E-state index in [9.17, 15) is 8.42 Å². The molecule has 7 nitrogen and oxygen atoms in total. The Kier molecular flexibility index (Phi) is 4.93. The average Bonchev–Trinajstić information content (AvgIpc) is 3.23. The van der Waals surface area contributed by atoms with E-state index in [1.165, 1.54) is 11.3 Å². The molecule has 9 heteroatoms. The lowest BCUT2D eigenvalue weighted by atomic mass is 10.4. The van der Waals surface area contributed by atoms with Gasteiger partial charge in [0.15, 0.2) is 0 Å². The molecule has 0 saturated carbocycles. The van der Waals surface area contributed by atoms with Crippen LogP contribution in [0.2, 0.25) is 0 Å². The third-order valence-corrected chi connectivity index (χ3v) is 6.04. The summed E-state index contributed by atoms with van der Waals surface area (Å²) < 4.78 is 28.8. The first-order valence-electron chi connectivity index (χ1n) is 7.31. The van der Waals surface area contributed by atoms with Gasteiger partial charge in [-0.2, -0.15) is 0 Å². The van der Waals surface area contributed by atoms with Crippen LogP contribution in [0.15, 0.2) is 52.3 Å². The molecule has 0 aliphatic rings. The normalized spacial score (nSPS) is 11.5. The number of thiophene rings is 1. The van der Waals surface area contributed by atoms with Gasteiger partial charge < -0.3 is 9.88 Å². The Balaban J connectivity index is 1.59. The SMILES string of the molecule is Cc1nc(NCCNS(=O)(=O)c2cccs2)cc(-n2cccc2)n1. The first-order valence-corrected chi connectivity index (χ1v) is 9.67. The summed E-state index contributed by atoms with van der Waals surface area (Å²) in [7, 11) is -3.43. The zero-order chi connectivity index (χ0) is 17.0. The summed E-state index contributed by atoms with van der Waals surface area (Å²) in [6.07, 6.45) is 3.81. The number of aryl methyl sites for hydroxylation is 1. The largest absolute Gasteiger partial charge is 0.369 e. The minimum Gasteiger partial charge on any atom is -0.369 e. The molecule has 3 aromatic rings. The van der Waals surface area contributed by atoms with Crippen LogP contribution in [-0.2, 0) is 10.0 Å². The summed E-state index contributed by atoms with van der Waals surface area (Å²) in [5.41, 5.74) is 0. The fourth-order valence-electron chi connectivity index (χ4n) is 2.13. The summed E-state index contributed by atoms with van der Waals surface area (Å²) in [5.74, 6) is 2.05. The van der Waals surface area contributed by atoms with Gasteiger partial charge in [-0.3, -0.25) is 0 Å². The molecule has 0 unspecified atom stereocenters. The zero-order valence-corrected chi connectivity index (χ0v) is 14.6. The summed E-state index contributed by atoms with van der Waals surface area (Å²) in [5, 5.41) is 4.85. The molecule has 24 heavy (non-hydrogen) atoms. The number of hydrogen-bond donors (Lipinski definition) is 2. The van der Waals surface area contributed by atoms with Crippen molar-refractivity contribution in [2.24, 2.45) is 0 Å². The van der Waals surface area contributed by atoms with Crippen molar-refractivity contribution in [3.05, 3.63) is 53.9 Å². The first kappa shape index (κ1) is 16.6. The van der Waals surface area contributed by atoms with Crippen molar-refractivity contribution in [2.75, 3.05) is 18.4 Å². The third-order valence-electron chi connectivity index (χ3n) is 3.18. The number of nitrogens with zero attached hydrogens (tertiary/aromatic N) is 3. The molecule has 126 valence electrons. The highest BCUT2D eigenvalue weighted by Crippen LogP contribution is 2.15. The number of rotatable bonds is 7. The molecule has 0 saturated heterocycles. The Morgan fingerprint density at radius 2 is 1.96 bits per heavy atom. The van der Waals surface area contributed by atoms with Crippen molar-refractivity contribution in [1.29, 1.82) is 0 Å². The van der Waals surface area contributed by atoms with Gasteiger partial charge in [-0.15, -0.1) is 11.3 Å². The van der Waals surface area contributed by atoms with Crippen LogP contribution in [-0.4, -0.2) is 36.0 Å². The molecule has 3 aromatic heterocycles. The second-order valence-corrected chi connectivity index (χ2v) is 7.95. The summed E-state index contributed by atoms with van der Waals surface area (Å²) >= 11 is 1.19. The topological polar surface area (TPSA) is 88.9 Å². The van der Waals surface area contributed by atoms with E-state index >= 15 is 0 Å². The lowest BCUT2D eigenvalue weighted by Crippen LogP contribution is -2.28. The van der Waals surface area contributed by atoms with E-state index in [2.05, 4.69) is 20.0 Å². The quantitative estimate of drug-likeness (QED) is 0.627. The van der Waals surface area contributed by atoms with E-state index in [-0.39, 0.29) is 6.54 Å². The van der Waals surface area contributed by atoms with Crippen molar-refractivity contribution >= 4 is 27.2 Å². The van der Waals surface area contributed by atoms with Gasteiger partial charge in [-0.25, -0.2) is 23.1 Å². The molecular formula is C15H17N5O2S2. The fraction of sp³-hybridized carbons (Fsp3) is 0.200. The molecule has 0 aromatic carbocycles. The Labute approximate surface area is 144 Å². The van der Waals surface area contributed by atoms with Crippen LogP contribution in [0.5, 0.6) is 0 Å². The van der Waals surface area contributed by atoms with Gasteiger partial charge >= 0.3 is 0 Å². The highest BCUT2D eigenvalue weighted by atomic mass is 32.2. The van der Waals surface area contributed by atoms with Crippen molar-refractivity contribution in [3.63, 3.8) is 0 Å². The molecule has 0 spiro atoms. The third kappa shape index (κ3) is 3.99. The number of aromatic nitrogens is 3. The first-order chi connectivity index (χ1) is 11.5. The van der Waals surface area contributed by atoms with Crippen LogP contribution in [0.3, 0.4) is 0 Å². The van der Waals surface area contributed by atoms with E-state index in [4.69, 9.17) is 0 Å². The van der Waals surface area contributed by atoms with Gasteiger partial charge in [-0.1, -0.05) is 6.07 Å². The Hall–Kier alpha value is -2.23. The number of sulfonamides is 1. The number of nitrogens with one attached hydrogen (secondary N) is 2. The zero-order valence-electron chi connectivity index (χ0n) is 13.0. The second kappa shape index (κ2) is 7.12. The molecule has 3 rings (SSSR count). The highest BCUT2D eigenvalue weighted by Gasteiger charge is 2.13. The van der Waals surface area contributed by atoms with Crippen LogP contribution in [0.4, 0.5) is 5.82 Å². The summed E-state index contributed by atoms with van der Waals surface area (Å²) in [6.45, 7) is 2.51. The van der Waals surface area contributed by atoms with Crippen molar-refractivity contribution < 1.29 is 8.42 Å². The molecule has 0 bridgehead atoms. The Morgan fingerprint density at radius 1 is 1.17 bits per heavy atom. The Bertz CT molecular complexity index is 890. The minimum atomic E-state index is -3.43. The van der Waals surface area contributed by atoms with Gasteiger partial charge in [0, 0.05) is 31.5 Å². The predicted molar refractivity (Wildman–Crippen MR) is 94.1 cm³/mol. The molecule has 0 fully saturated rings. The van der Waals surface area contributed by atoms with Crippen molar-refractivity contribution in [1.82, 2.24) is 19.3 Å². The van der Waals surface area contributed by atoms with Crippen LogP contribution < -0.4 is 10.0 Å². The lowest BCUT2D eigenvalue weighted by Gasteiger charge is -2.10. The minimum absolute atomic E-state index is 0.266. The number of hydrogen-bond acceptors (Lipinski definition) is 6. The molecule has 0 atom stereocenters. The summed E-state index contributed by atoms with van der Waals surface area (Å²) in [6, 6.07) is 8.95.